The van der Waals surface area contributed by atoms with Gasteiger partial charge in [0.05, 0.1) is 13.2 Å². The van der Waals surface area contributed by atoms with Gasteiger partial charge in [-0.2, -0.15) is 0 Å². The maximum absolute atomic E-state index is 9.13. The van der Waals surface area contributed by atoms with Gasteiger partial charge in [0.25, 0.3) is 0 Å². The van der Waals surface area contributed by atoms with Crippen LogP contribution in [-0.4, -0.2) is 18.3 Å². The molecule has 0 amide bonds. The fourth-order valence-corrected chi connectivity index (χ4v) is 2.47. The number of ether oxygens (including phenoxy) is 1. The third-order valence-corrected chi connectivity index (χ3v) is 3.54. The van der Waals surface area contributed by atoms with Gasteiger partial charge in [0.2, 0.25) is 0 Å². The van der Waals surface area contributed by atoms with Crippen molar-refractivity contribution in [1.82, 2.24) is 0 Å². The van der Waals surface area contributed by atoms with Crippen LogP contribution in [0.5, 0.6) is 0 Å². The summed E-state index contributed by atoms with van der Waals surface area (Å²) >= 11 is 0. The quantitative estimate of drug-likeness (QED) is 0.616. The molecule has 0 aliphatic heterocycles. The van der Waals surface area contributed by atoms with Gasteiger partial charge in [0.1, 0.15) is 0 Å². The van der Waals surface area contributed by atoms with E-state index in [9.17, 15) is 0 Å². The van der Waals surface area contributed by atoms with Gasteiger partial charge in [-0.1, -0.05) is 36.4 Å². The van der Waals surface area contributed by atoms with Gasteiger partial charge < -0.3 is 9.84 Å². The van der Waals surface area contributed by atoms with Gasteiger partial charge in [-0.05, 0) is 42.7 Å². The van der Waals surface area contributed by atoms with Gasteiger partial charge in [-0.25, -0.2) is 0 Å². The van der Waals surface area contributed by atoms with Crippen LogP contribution < -0.4 is 0 Å². The van der Waals surface area contributed by atoms with Crippen LogP contribution in [0.3, 0.4) is 0 Å². The molecule has 2 nitrogen and oxygen atoms in total. The van der Waals surface area contributed by atoms with Crippen molar-refractivity contribution in [3.8, 4) is 0 Å². The highest BCUT2D eigenvalue weighted by atomic mass is 16.5. The van der Waals surface area contributed by atoms with Crippen molar-refractivity contribution in [3.63, 3.8) is 0 Å². The van der Waals surface area contributed by atoms with Crippen molar-refractivity contribution in [2.45, 2.75) is 32.3 Å². The summed E-state index contributed by atoms with van der Waals surface area (Å²) in [6, 6.07) is 10.3. The van der Waals surface area contributed by atoms with Crippen molar-refractivity contribution in [2.24, 2.45) is 5.92 Å². The molecule has 18 heavy (non-hydrogen) atoms. The maximum atomic E-state index is 9.13. The van der Waals surface area contributed by atoms with E-state index >= 15 is 0 Å². The zero-order valence-corrected chi connectivity index (χ0v) is 10.8. The third kappa shape index (κ3) is 4.28. The second-order valence-corrected chi connectivity index (χ2v) is 4.99. The predicted octanol–water partition coefficient (Wildman–Crippen LogP) is 3.31. The molecular formula is C16H22O2. The normalized spacial score (nSPS) is 19.6. The highest BCUT2D eigenvalue weighted by Crippen LogP contribution is 2.26. The molecule has 1 aromatic rings. The molecule has 0 fully saturated rings. The van der Waals surface area contributed by atoms with Crippen molar-refractivity contribution in [3.05, 3.63) is 47.5 Å². The van der Waals surface area contributed by atoms with E-state index in [4.69, 9.17) is 9.84 Å². The number of aliphatic hydroxyl groups is 1. The fourth-order valence-electron chi connectivity index (χ4n) is 2.47. The van der Waals surface area contributed by atoms with Crippen LogP contribution in [0.25, 0.3) is 0 Å². The SMILES string of the molecule is OCC1=CCC[C@H](CCOCc2ccccc2)C1. The molecule has 0 bridgehead atoms. The number of hydrogen-bond donors (Lipinski definition) is 1. The van der Waals surface area contributed by atoms with Crippen LogP contribution >= 0.6 is 0 Å². The molecule has 0 radical (unpaired) electrons. The molecule has 1 atom stereocenters. The lowest BCUT2D eigenvalue weighted by Gasteiger charge is -2.21. The first-order valence-corrected chi connectivity index (χ1v) is 6.79. The Kier molecular flexibility index (Phi) is 5.43. The first-order chi connectivity index (χ1) is 8.88. The Hall–Kier alpha value is -1.12. The lowest BCUT2D eigenvalue weighted by atomic mass is 9.87. The number of hydrogen-bond acceptors (Lipinski definition) is 2. The average molecular weight is 246 g/mol. The third-order valence-electron chi connectivity index (χ3n) is 3.54. The van der Waals surface area contributed by atoms with E-state index in [-0.39, 0.29) is 6.61 Å². The smallest absolute Gasteiger partial charge is 0.0716 e. The molecular weight excluding hydrogens is 224 g/mol. The molecule has 2 heteroatoms. The van der Waals surface area contributed by atoms with Crippen LogP contribution in [0.2, 0.25) is 0 Å². The monoisotopic (exact) mass is 246 g/mol. The molecule has 1 N–H and O–H groups in total. The number of rotatable bonds is 6. The Morgan fingerprint density at radius 1 is 1.22 bits per heavy atom. The summed E-state index contributed by atoms with van der Waals surface area (Å²) in [5, 5.41) is 9.13. The summed E-state index contributed by atoms with van der Waals surface area (Å²) in [6.45, 7) is 1.75. The van der Waals surface area contributed by atoms with Gasteiger partial charge in [-0.3, -0.25) is 0 Å². The van der Waals surface area contributed by atoms with E-state index in [1.54, 1.807) is 0 Å². The van der Waals surface area contributed by atoms with Gasteiger partial charge in [0.15, 0.2) is 0 Å². The minimum Gasteiger partial charge on any atom is -0.392 e. The Morgan fingerprint density at radius 3 is 2.83 bits per heavy atom. The Labute approximate surface area is 109 Å². The molecule has 1 aromatic carbocycles. The zero-order chi connectivity index (χ0) is 12.6. The molecule has 1 aliphatic carbocycles. The van der Waals surface area contributed by atoms with E-state index in [1.165, 1.54) is 17.6 Å². The van der Waals surface area contributed by atoms with Crippen molar-refractivity contribution >= 4 is 0 Å². The summed E-state index contributed by atoms with van der Waals surface area (Å²) in [6.07, 6.45) is 6.67. The van der Waals surface area contributed by atoms with Gasteiger partial charge >= 0.3 is 0 Å². The molecule has 98 valence electrons. The standard InChI is InChI=1S/C16H22O2/c17-12-16-8-4-7-14(11-16)9-10-18-13-15-5-2-1-3-6-15/h1-3,5-6,8,14,17H,4,7,9-13H2/t14-/m1/s1. The predicted molar refractivity (Wildman–Crippen MR) is 73.2 cm³/mol. The molecule has 0 aromatic heterocycles. The highest BCUT2D eigenvalue weighted by molar-refractivity contribution is 5.13. The fraction of sp³-hybridized carbons (Fsp3) is 0.500. The second-order valence-electron chi connectivity index (χ2n) is 4.99. The molecule has 2 rings (SSSR count). The highest BCUT2D eigenvalue weighted by Gasteiger charge is 2.14. The van der Waals surface area contributed by atoms with Gasteiger partial charge in [-0.15, -0.1) is 0 Å². The molecule has 0 heterocycles. The van der Waals surface area contributed by atoms with Crippen LogP contribution in [0, 0.1) is 5.92 Å². The topological polar surface area (TPSA) is 29.5 Å². The molecule has 0 saturated heterocycles. The second kappa shape index (κ2) is 7.34. The average Bonchev–Trinajstić information content (AvgIpc) is 2.45. The first-order valence-electron chi connectivity index (χ1n) is 6.79. The van der Waals surface area contributed by atoms with Gasteiger partial charge in [0, 0.05) is 6.61 Å². The maximum Gasteiger partial charge on any atom is 0.0716 e. The van der Waals surface area contributed by atoms with E-state index in [0.717, 1.165) is 25.9 Å². The Morgan fingerprint density at radius 2 is 2.06 bits per heavy atom. The van der Waals surface area contributed by atoms with Crippen LogP contribution in [0.1, 0.15) is 31.2 Å². The van der Waals surface area contributed by atoms with Crippen LogP contribution in [0.4, 0.5) is 0 Å². The summed E-state index contributed by atoms with van der Waals surface area (Å²) in [5.41, 5.74) is 2.44. The molecule has 0 spiro atoms. The Bertz CT molecular complexity index is 370. The summed E-state index contributed by atoms with van der Waals surface area (Å²) in [5.74, 6) is 0.688. The van der Waals surface area contributed by atoms with Crippen LogP contribution in [0.15, 0.2) is 42.0 Å². The molecule has 1 aliphatic rings. The largest absolute Gasteiger partial charge is 0.392 e. The minimum atomic E-state index is 0.224. The number of aliphatic hydroxyl groups excluding tert-OH is 1. The summed E-state index contributed by atoms with van der Waals surface area (Å²) in [7, 11) is 0. The lowest BCUT2D eigenvalue weighted by Crippen LogP contribution is -2.11. The van der Waals surface area contributed by atoms with E-state index in [0.29, 0.717) is 12.5 Å². The van der Waals surface area contributed by atoms with Crippen molar-refractivity contribution < 1.29 is 9.84 Å². The summed E-state index contributed by atoms with van der Waals surface area (Å²) in [4.78, 5) is 0. The summed E-state index contributed by atoms with van der Waals surface area (Å²) < 4.78 is 5.71. The van der Waals surface area contributed by atoms with Crippen molar-refractivity contribution in [1.29, 1.82) is 0 Å². The van der Waals surface area contributed by atoms with Crippen LogP contribution in [-0.2, 0) is 11.3 Å². The van der Waals surface area contributed by atoms with E-state index < -0.39 is 0 Å². The Balaban J connectivity index is 1.63. The minimum absolute atomic E-state index is 0.224. The molecule has 0 unspecified atom stereocenters. The number of benzene rings is 1. The van der Waals surface area contributed by atoms with Crippen molar-refractivity contribution in [2.75, 3.05) is 13.2 Å². The zero-order valence-electron chi connectivity index (χ0n) is 10.8. The van der Waals surface area contributed by atoms with E-state index in [2.05, 4.69) is 18.2 Å². The first kappa shape index (κ1) is 13.3. The molecule has 0 saturated carbocycles. The van der Waals surface area contributed by atoms with E-state index in [1.807, 2.05) is 18.2 Å². The lowest BCUT2D eigenvalue weighted by molar-refractivity contribution is 0.105. The number of allylic oxidation sites excluding steroid dienone is 1.